The molecule has 0 atom stereocenters. The first kappa shape index (κ1) is 14.5. The second kappa shape index (κ2) is 5.85. The Labute approximate surface area is 103 Å². The van der Waals surface area contributed by atoms with E-state index in [0.29, 0.717) is 18.2 Å². The topological polar surface area (TPSA) is 89.7 Å². The van der Waals surface area contributed by atoms with Crippen molar-refractivity contribution in [3.8, 4) is 5.75 Å². The summed E-state index contributed by atoms with van der Waals surface area (Å²) in [6.07, 6.45) is 1.04. The third kappa shape index (κ3) is 3.69. The van der Waals surface area contributed by atoms with Gasteiger partial charge in [0.2, 0.25) is 5.82 Å². The SMILES string of the molecule is O=C(O)/C=C/c1c(OC(F)F)ccc([N+](=O)[O-])c1F. The highest BCUT2D eigenvalue weighted by Gasteiger charge is 2.22. The highest BCUT2D eigenvalue weighted by atomic mass is 19.3. The van der Waals surface area contributed by atoms with Crippen LogP contribution in [0.4, 0.5) is 18.9 Å². The number of nitro benzene ring substituents is 1. The van der Waals surface area contributed by atoms with Crippen molar-refractivity contribution in [2.75, 3.05) is 0 Å². The summed E-state index contributed by atoms with van der Waals surface area (Å²) >= 11 is 0. The molecule has 1 aromatic rings. The fraction of sp³-hybridized carbons (Fsp3) is 0.100. The number of hydrogen-bond donors (Lipinski definition) is 1. The summed E-state index contributed by atoms with van der Waals surface area (Å²) in [7, 11) is 0. The maximum Gasteiger partial charge on any atom is 0.387 e. The van der Waals surface area contributed by atoms with Gasteiger partial charge in [-0.15, -0.1) is 0 Å². The molecule has 0 fully saturated rings. The summed E-state index contributed by atoms with van der Waals surface area (Å²) in [4.78, 5) is 19.7. The Bertz CT molecular complexity index is 544. The molecule has 1 rings (SSSR count). The maximum absolute atomic E-state index is 13.7. The number of ether oxygens (including phenoxy) is 1. The van der Waals surface area contributed by atoms with Gasteiger partial charge in [0, 0.05) is 12.1 Å². The van der Waals surface area contributed by atoms with E-state index in [-0.39, 0.29) is 0 Å². The first-order chi connectivity index (χ1) is 8.82. The van der Waals surface area contributed by atoms with Crippen molar-refractivity contribution in [2.45, 2.75) is 6.61 Å². The molecule has 6 nitrogen and oxygen atoms in total. The van der Waals surface area contributed by atoms with E-state index in [1.165, 1.54) is 0 Å². The fourth-order valence-corrected chi connectivity index (χ4v) is 1.21. The molecule has 0 aliphatic heterocycles. The molecular weight excluding hydrogens is 271 g/mol. The van der Waals surface area contributed by atoms with Crippen LogP contribution in [0, 0.1) is 15.9 Å². The normalized spacial score (nSPS) is 10.9. The number of nitrogens with zero attached hydrogens (tertiary/aromatic N) is 1. The Morgan fingerprint density at radius 3 is 2.58 bits per heavy atom. The van der Waals surface area contributed by atoms with Gasteiger partial charge in [0.05, 0.1) is 10.5 Å². The molecule has 0 bridgehead atoms. The largest absolute Gasteiger partial charge is 0.478 e. The summed E-state index contributed by atoms with van der Waals surface area (Å²) in [6, 6.07) is 1.40. The minimum Gasteiger partial charge on any atom is -0.478 e. The average molecular weight is 277 g/mol. The summed E-state index contributed by atoms with van der Waals surface area (Å²) < 4.78 is 41.8. The zero-order valence-electron chi connectivity index (χ0n) is 9.05. The van der Waals surface area contributed by atoms with E-state index in [4.69, 9.17) is 5.11 Å². The summed E-state index contributed by atoms with van der Waals surface area (Å²) in [5, 5.41) is 18.9. The number of halogens is 3. The zero-order chi connectivity index (χ0) is 14.6. The summed E-state index contributed by atoms with van der Waals surface area (Å²) in [6.45, 7) is -3.28. The number of alkyl halides is 2. The van der Waals surface area contributed by atoms with Crippen molar-refractivity contribution in [3.05, 3.63) is 39.7 Å². The predicted molar refractivity (Wildman–Crippen MR) is 56.4 cm³/mol. The van der Waals surface area contributed by atoms with Crippen LogP contribution in [0.1, 0.15) is 5.56 Å². The lowest BCUT2D eigenvalue weighted by Crippen LogP contribution is -2.05. The van der Waals surface area contributed by atoms with Gasteiger partial charge >= 0.3 is 18.3 Å². The number of carboxylic acids is 1. The number of carboxylic acid groups (broad SMARTS) is 1. The maximum atomic E-state index is 13.7. The Balaban J connectivity index is 3.36. The number of rotatable bonds is 5. The van der Waals surface area contributed by atoms with Gasteiger partial charge in [-0.25, -0.2) is 4.79 Å². The van der Waals surface area contributed by atoms with Gasteiger partial charge in [0.25, 0.3) is 0 Å². The van der Waals surface area contributed by atoms with Crippen LogP contribution in [0.3, 0.4) is 0 Å². The summed E-state index contributed by atoms with van der Waals surface area (Å²) in [5.41, 5.74) is -1.72. The lowest BCUT2D eigenvalue weighted by atomic mass is 10.1. The Morgan fingerprint density at radius 1 is 1.47 bits per heavy atom. The number of nitro groups is 1. The van der Waals surface area contributed by atoms with Gasteiger partial charge in [-0.05, 0) is 12.1 Å². The van der Waals surface area contributed by atoms with E-state index in [9.17, 15) is 28.1 Å². The van der Waals surface area contributed by atoms with Crippen molar-refractivity contribution in [2.24, 2.45) is 0 Å². The van der Waals surface area contributed by atoms with Gasteiger partial charge in [-0.3, -0.25) is 10.1 Å². The third-order valence-electron chi connectivity index (χ3n) is 1.92. The average Bonchev–Trinajstić information content (AvgIpc) is 2.26. The van der Waals surface area contributed by atoms with Gasteiger partial charge in [0.15, 0.2) is 0 Å². The van der Waals surface area contributed by atoms with E-state index >= 15 is 0 Å². The molecule has 0 saturated heterocycles. The molecule has 0 aromatic heterocycles. The Hall–Kier alpha value is -2.58. The number of hydrogen-bond acceptors (Lipinski definition) is 4. The summed E-state index contributed by atoms with van der Waals surface area (Å²) in [5.74, 6) is -3.63. The van der Waals surface area contributed by atoms with Crippen LogP contribution in [0.25, 0.3) is 6.08 Å². The van der Waals surface area contributed by atoms with Crippen molar-refractivity contribution in [1.82, 2.24) is 0 Å². The van der Waals surface area contributed by atoms with Gasteiger partial charge < -0.3 is 9.84 Å². The molecule has 0 aliphatic carbocycles. The quantitative estimate of drug-likeness (QED) is 0.507. The highest BCUT2D eigenvalue weighted by molar-refractivity contribution is 5.86. The molecule has 0 spiro atoms. The molecule has 102 valence electrons. The Morgan fingerprint density at radius 2 is 2.11 bits per heavy atom. The second-order valence-corrected chi connectivity index (χ2v) is 3.12. The molecule has 0 saturated carbocycles. The molecule has 1 aromatic carbocycles. The number of aliphatic carboxylic acids is 1. The number of benzene rings is 1. The van der Waals surface area contributed by atoms with Crippen LogP contribution in [0.5, 0.6) is 5.75 Å². The first-order valence-corrected chi connectivity index (χ1v) is 4.65. The van der Waals surface area contributed by atoms with E-state index in [0.717, 1.165) is 6.07 Å². The van der Waals surface area contributed by atoms with Gasteiger partial charge in [-0.2, -0.15) is 13.2 Å². The highest BCUT2D eigenvalue weighted by Crippen LogP contribution is 2.31. The van der Waals surface area contributed by atoms with Crippen LogP contribution >= 0.6 is 0 Å². The van der Waals surface area contributed by atoms with Crippen LogP contribution in [-0.2, 0) is 4.79 Å². The van der Waals surface area contributed by atoms with Gasteiger partial charge in [-0.1, -0.05) is 0 Å². The van der Waals surface area contributed by atoms with Crippen LogP contribution < -0.4 is 4.74 Å². The van der Waals surface area contributed by atoms with Crippen LogP contribution in [-0.4, -0.2) is 22.6 Å². The van der Waals surface area contributed by atoms with Gasteiger partial charge in [0.1, 0.15) is 5.75 Å². The molecule has 0 radical (unpaired) electrons. The monoisotopic (exact) mass is 277 g/mol. The smallest absolute Gasteiger partial charge is 0.387 e. The van der Waals surface area contributed by atoms with E-state index in [1.807, 2.05) is 0 Å². The predicted octanol–water partition coefficient (Wildman–Crippen LogP) is 2.43. The molecule has 0 amide bonds. The van der Waals surface area contributed by atoms with Crippen LogP contribution in [0.15, 0.2) is 18.2 Å². The van der Waals surface area contributed by atoms with Crippen molar-refractivity contribution >= 4 is 17.7 Å². The number of carbonyl (C=O) groups is 1. The third-order valence-corrected chi connectivity index (χ3v) is 1.92. The molecule has 9 heteroatoms. The van der Waals surface area contributed by atoms with Crippen LogP contribution in [0.2, 0.25) is 0 Å². The lowest BCUT2D eigenvalue weighted by molar-refractivity contribution is -0.387. The fourth-order valence-electron chi connectivity index (χ4n) is 1.21. The molecular formula is C10H6F3NO5. The van der Waals surface area contributed by atoms with Crippen molar-refractivity contribution in [1.29, 1.82) is 0 Å². The zero-order valence-corrected chi connectivity index (χ0v) is 9.05. The standard InChI is InChI=1S/C10H6F3NO5/c11-9-5(1-4-8(15)16)7(19-10(12)13)3-2-6(9)14(17)18/h1-4,10H,(H,15,16)/b4-1+. The van der Waals surface area contributed by atoms with Crippen molar-refractivity contribution in [3.63, 3.8) is 0 Å². The molecule has 19 heavy (non-hydrogen) atoms. The molecule has 0 unspecified atom stereocenters. The molecule has 0 aliphatic rings. The molecule has 0 heterocycles. The van der Waals surface area contributed by atoms with E-state index in [1.54, 1.807) is 0 Å². The second-order valence-electron chi connectivity index (χ2n) is 3.12. The lowest BCUT2D eigenvalue weighted by Gasteiger charge is -2.08. The van der Waals surface area contributed by atoms with Crippen molar-refractivity contribution < 1.29 is 32.7 Å². The molecule has 1 N–H and O–H groups in total. The first-order valence-electron chi connectivity index (χ1n) is 4.65. The minimum atomic E-state index is -3.28. The van der Waals surface area contributed by atoms with E-state index in [2.05, 4.69) is 4.74 Å². The minimum absolute atomic E-state index is 0.445. The van der Waals surface area contributed by atoms with E-state index < -0.39 is 40.3 Å². The Kier molecular flexibility index (Phi) is 4.46.